The molecule has 0 saturated carbocycles. The summed E-state index contributed by atoms with van der Waals surface area (Å²) >= 11 is 0. The summed E-state index contributed by atoms with van der Waals surface area (Å²) < 4.78 is 0. The van der Waals surface area contributed by atoms with Crippen LogP contribution in [-0.4, -0.2) is 10.1 Å². The van der Waals surface area contributed by atoms with Crippen LogP contribution in [0.15, 0.2) is 48.2 Å². The van der Waals surface area contributed by atoms with Gasteiger partial charge in [-0.2, -0.15) is 0 Å². The van der Waals surface area contributed by atoms with Crippen molar-refractivity contribution in [2.24, 2.45) is 0 Å². The molecule has 2 rings (SSSR count). The van der Waals surface area contributed by atoms with E-state index in [1.54, 1.807) is 0 Å². The minimum absolute atomic E-state index is 0.644. The van der Waals surface area contributed by atoms with Crippen LogP contribution >= 0.6 is 0 Å². The highest BCUT2D eigenvalue weighted by Gasteiger charge is 2.11. The van der Waals surface area contributed by atoms with Crippen molar-refractivity contribution in [3.8, 4) is 0 Å². The van der Waals surface area contributed by atoms with E-state index in [4.69, 9.17) is 0 Å². The largest absolute Gasteiger partial charge is 0.382 e. The molecule has 2 aromatic rings. The zero-order valence-electron chi connectivity index (χ0n) is 8.62. The molecule has 0 spiro atoms. The maximum atomic E-state index is 9.92. The molecule has 1 aromatic carbocycles. The molecule has 76 valence electrons. The number of nitrogens with one attached hydrogen (secondary N) is 1. The van der Waals surface area contributed by atoms with Gasteiger partial charge in [-0.3, -0.25) is 0 Å². The van der Waals surface area contributed by atoms with Crippen LogP contribution < -0.4 is 0 Å². The second kappa shape index (κ2) is 3.77. The summed E-state index contributed by atoms with van der Waals surface area (Å²) in [4.78, 5) is 3.17. The molecule has 1 aromatic heterocycles. The van der Waals surface area contributed by atoms with E-state index in [1.807, 2.05) is 37.3 Å². The van der Waals surface area contributed by atoms with Gasteiger partial charge in [0.2, 0.25) is 0 Å². The van der Waals surface area contributed by atoms with Crippen LogP contribution in [0.1, 0.15) is 18.7 Å². The Morgan fingerprint density at radius 1 is 1.47 bits per heavy atom. The number of para-hydroxylation sites is 1. The molecule has 2 N–H and O–H groups in total. The quantitative estimate of drug-likeness (QED) is 0.717. The Labute approximate surface area is 88.6 Å². The molecule has 1 unspecified atom stereocenters. The number of aliphatic hydroxyl groups is 1. The van der Waals surface area contributed by atoms with Gasteiger partial charge in [0, 0.05) is 16.8 Å². The Hall–Kier alpha value is -1.76. The number of aromatic nitrogens is 1. The molecule has 15 heavy (non-hydrogen) atoms. The molecular formula is C13H13NO. The molecule has 0 amide bonds. The molecule has 2 nitrogen and oxygen atoms in total. The third-order valence-corrected chi connectivity index (χ3v) is 2.53. The Kier molecular flexibility index (Phi) is 2.46. The van der Waals surface area contributed by atoms with E-state index in [1.165, 1.54) is 0 Å². The van der Waals surface area contributed by atoms with Gasteiger partial charge in [-0.05, 0) is 24.4 Å². The van der Waals surface area contributed by atoms with Gasteiger partial charge in [0.1, 0.15) is 6.10 Å². The lowest BCUT2D eigenvalue weighted by Crippen LogP contribution is -1.97. The van der Waals surface area contributed by atoms with Gasteiger partial charge < -0.3 is 10.1 Å². The Bertz CT molecular complexity index is 499. The van der Waals surface area contributed by atoms with Crippen LogP contribution in [0, 0.1) is 0 Å². The average Bonchev–Trinajstić information content (AvgIpc) is 2.70. The number of benzene rings is 1. The predicted octanol–water partition coefficient (Wildman–Crippen LogP) is 2.93. The minimum Gasteiger partial charge on any atom is -0.382 e. The monoisotopic (exact) mass is 199 g/mol. The smallest absolute Gasteiger partial charge is 0.122 e. The van der Waals surface area contributed by atoms with E-state index >= 15 is 0 Å². The first-order valence-corrected chi connectivity index (χ1v) is 4.84. The number of hydrogen-bond acceptors (Lipinski definition) is 1. The van der Waals surface area contributed by atoms with Crippen molar-refractivity contribution in [2.45, 2.75) is 13.0 Å². The molecule has 0 aliphatic carbocycles. The summed E-state index contributed by atoms with van der Waals surface area (Å²) in [5.41, 5.74) is 5.24. The van der Waals surface area contributed by atoms with Crippen molar-refractivity contribution in [3.63, 3.8) is 0 Å². The highest BCUT2D eigenvalue weighted by atomic mass is 16.3. The van der Waals surface area contributed by atoms with Gasteiger partial charge >= 0.3 is 0 Å². The van der Waals surface area contributed by atoms with Crippen molar-refractivity contribution in [1.82, 2.24) is 4.98 Å². The summed E-state index contributed by atoms with van der Waals surface area (Å²) in [5.74, 6) is 0. The van der Waals surface area contributed by atoms with Gasteiger partial charge in [-0.25, -0.2) is 0 Å². The second-order valence-corrected chi connectivity index (χ2v) is 3.57. The topological polar surface area (TPSA) is 36.0 Å². The lowest BCUT2D eigenvalue weighted by molar-refractivity contribution is 0.212. The third-order valence-electron chi connectivity index (χ3n) is 2.53. The van der Waals surface area contributed by atoms with Crippen LogP contribution in [0.25, 0.3) is 10.9 Å². The lowest BCUT2D eigenvalue weighted by atomic mass is 10.1. The number of hydrogen-bond donors (Lipinski definition) is 2. The van der Waals surface area contributed by atoms with Gasteiger partial charge in [-0.1, -0.05) is 24.8 Å². The molecular weight excluding hydrogens is 186 g/mol. The van der Waals surface area contributed by atoms with Crippen LogP contribution in [0.5, 0.6) is 0 Å². The first kappa shape index (κ1) is 9.78. The molecule has 2 heteroatoms. The SMILES string of the molecule is C=C=C(C)C(O)c1cc2ccccc2[nH]1. The van der Waals surface area contributed by atoms with Crippen molar-refractivity contribution in [3.05, 3.63) is 53.9 Å². The summed E-state index contributed by atoms with van der Waals surface area (Å²) in [6.45, 7) is 5.33. The summed E-state index contributed by atoms with van der Waals surface area (Å²) in [7, 11) is 0. The molecule has 0 fully saturated rings. The highest BCUT2D eigenvalue weighted by Crippen LogP contribution is 2.23. The highest BCUT2D eigenvalue weighted by molar-refractivity contribution is 5.80. The minimum atomic E-state index is -0.644. The van der Waals surface area contributed by atoms with Gasteiger partial charge in [0.15, 0.2) is 0 Å². The number of aliphatic hydroxyl groups excluding tert-OH is 1. The molecule has 0 radical (unpaired) electrons. The summed E-state index contributed by atoms with van der Waals surface area (Å²) in [6.07, 6.45) is -0.644. The number of aromatic amines is 1. The first-order chi connectivity index (χ1) is 7.22. The zero-order chi connectivity index (χ0) is 10.8. The van der Waals surface area contributed by atoms with Crippen molar-refractivity contribution in [1.29, 1.82) is 0 Å². The molecule has 0 aliphatic heterocycles. The van der Waals surface area contributed by atoms with Gasteiger partial charge in [-0.15, -0.1) is 5.73 Å². The number of H-pyrrole nitrogens is 1. The fraction of sp³-hybridized carbons (Fsp3) is 0.154. The van der Waals surface area contributed by atoms with Crippen LogP contribution in [0.2, 0.25) is 0 Å². The van der Waals surface area contributed by atoms with E-state index in [-0.39, 0.29) is 0 Å². The van der Waals surface area contributed by atoms with Crippen molar-refractivity contribution < 1.29 is 5.11 Å². The maximum Gasteiger partial charge on any atom is 0.122 e. The van der Waals surface area contributed by atoms with Gasteiger partial charge in [0.05, 0.1) is 0 Å². The van der Waals surface area contributed by atoms with Crippen LogP contribution in [0.4, 0.5) is 0 Å². The van der Waals surface area contributed by atoms with Crippen molar-refractivity contribution >= 4 is 10.9 Å². The molecule has 0 aliphatic rings. The first-order valence-electron chi connectivity index (χ1n) is 4.84. The van der Waals surface area contributed by atoms with E-state index in [0.29, 0.717) is 0 Å². The molecule has 0 saturated heterocycles. The molecule has 1 heterocycles. The van der Waals surface area contributed by atoms with Crippen LogP contribution in [0.3, 0.4) is 0 Å². The number of fused-ring (bicyclic) bond motifs is 1. The molecule has 0 bridgehead atoms. The Balaban J connectivity index is 2.49. The maximum absolute atomic E-state index is 9.92. The standard InChI is InChI=1S/C13H13NO/c1-3-9(2)13(15)12-8-10-6-4-5-7-11(10)14-12/h4-8,13-15H,1H2,2H3. The fourth-order valence-corrected chi connectivity index (χ4v) is 1.57. The lowest BCUT2D eigenvalue weighted by Gasteiger charge is -2.06. The third kappa shape index (κ3) is 1.73. The summed E-state index contributed by atoms with van der Waals surface area (Å²) in [5, 5.41) is 11.0. The Morgan fingerprint density at radius 3 is 2.87 bits per heavy atom. The van der Waals surface area contributed by atoms with Crippen molar-refractivity contribution in [2.75, 3.05) is 0 Å². The zero-order valence-corrected chi connectivity index (χ0v) is 8.62. The average molecular weight is 199 g/mol. The normalized spacial score (nSPS) is 12.4. The predicted molar refractivity (Wildman–Crippen MR) is 61.6 cm³/mol. The fourth-order valence-electron chi connectivity index (χ4n) is 1.57. The van der Waals surface area contributed by atoms with E-state index < -0.39 is 6.10 Å². The van der Waals surface area contributed by atoms with Gasteiger partial charge in [0.25, 0.3) is 0 Å². The second-order valence-electron chi connectivity index (χ2n) is 3.57. The van der Waals surface area contributed by atoms with E-state index in [9.17, 15) is 5.11 Å². The Morgan fingerprint density at radius 2 is 2.20 bits per heavy atom. The van der Waals surface area contributed by atoms with E-state index in [2.05, 4.69) is 17.3 Å². The summed E-state index contributed by atoms with van der Waals surface area (Å²) in [6, 6.07) is 9.88. The number of rotatable bonds is 2. The molecule has 1 atom stereocenters. The van der Waals surface area contributed by atoms with E-state index in [0.717, 1.165) is 22.2 Å². The van der Waals surface area contributed by atoms with Crippen LogP contribution in [-0.2, 0) is 0 Å².